The number of hydrogen-bond acceptors (Lipinski definition) is 2. The predicted octanol–water partition coefficient (Wildman–Crippen LogP) is 3.94. The molecule has 2 aromatic carbocycles. The van der Waals surface area contributed by atoms with E-state index in [2.05, 4.69) is 92.5 Å². The lowest BCUT2D eigenvalue weighted by molar-refractivity contribution is -0.118. The second-order valence-corrected chi connectivity index (χ2v) is 7.79. The van der Waals surface area contributed by atoms with Crippen LogP contribution in [0.15, 0.2) is 48.5 Å². The van der Waals surface area contributed by atoms with Gasteiger partial charge in [-0.3, -0.25) is 4.79 Å². The van der Waals surface area contributed by atoms with Gasteiger partial charge >= 0.3 is 0 Å². The van der Waals surface area contributed by atoms with Crippen LogP contribution in [0.5, 0.6) is 0 Å². The Morgan fingerprint density at radius 1 is 1.04 bits per heavy atom. The van der Waals surface area contributed by atoms with Crippen LogP contribution in [-0.2, 0) is 10.2 Å². The largest absolute Gasteiger partial charge is 0.335 e. The fourth-order valence-electron chi connectivity index (χ4n) is 4.18. The van der Waals surface area contributed by atoms with Crippen LogP contribution in [0.4, 0.5) is 5.69 Å². The highest BCUT2D eigenvalue weighted by Crippen LogP contribution is 2.53. The summed E-state index contributed by atoms with van der Waals surface area (Å²) in [6.07, 6.45) is 4.29. The number of fused-ring (bicyclic) bond motifs is 3. The van der Waals surface area contributed by atoms with Crippen LogP contribution in [0.1, 0.15) is 36.1 Å². The Labute approximate surface area is 149 Å². The quantitative estimate of drug-likeness (QED) is 0.903. The Morgan fingerprint density at radius 2 is 1.72 bits per heavy atom. The van der Waals surface area contributed by atoms with Crippen molar-refractivity contribution in [1.82, 2.24) is 5.32 Å². The van der Waals surface area contributed by atoms with Gasteiger partial charge in [0.25, 0.3) is 0 Å². The average molecular weight is 332 g/mol. The van der Waals surface area contributed by atoms with Gasteiger partial charge in [-0.1, -0.05) is 67.4 Å². The van der Waals surface area contributed by atoms with Crippen molar-refractivity contribution in [1.29, 1.82) is 0 Å². The molecule has 1 fully saturated rings. The molecule has 128 valence electrons. The average Bonchev–Trinajstić information content (AvgIpc) is 2.99. The van der Waals surface area contributed by atoms with Crippen molar-refractivity contribution in [2.24, 2.45) is 0 Å². The maximum Gasteiger partial charge on any atom is 0.241 e. The number of anilines is 1. The fraction of sp³-hybridized carbons (Fsp3) is 0.318. The molecule has 3 nitrogen and oxygen atoms in total. The fourth-order valence-corrected chi connectivity index (χ4v) is 4.18. The molecule has 2 aliphatic rings. The van der Waals surface area contributed by atoms with Crippen molar-refractivity contribution in [2.75, 3.05) is 11.4 Å². The molecule has 0 radical (unpaired) electrons. The van der Waals surface area contributed by atoms with E-state index in [1.165, 1.54) is 16.7 Å². The summed E-state index contributed by atoms with van der Waals surface area (Å²) < 4.78 is 0. The maximum absolute atomic E-state index is 12.3. The van der Waals surface area contributed by atoms with Crippen molar-refractivity contribution in [2.45, 2.75) is 38.8 Å². The van der Waals surface area contributed by atoms with E-state index in [1.54, 1.807) is 0 Å². The number of nitrogens with one attached hydrogen (secondary N) is 1. The van der Waals surface area contributed by atoms with Crippen LogP contribution < -0.4 is 10.2 Å². The van der Waals surface area contributed by atoms with E-state index in [9.17, 15) is 4.79 Å². The third-order valence-electron chi connectivity index (χ3n) is 5.72. The van der Waals surface area contributed by atoms with Crippen molar-refractivity contribution in [3.05, 3.63) is 70.8 Å². The molecule has 0 spiro atoms. The van der Waals surface area contributed by atoms with Gasteiger partial charge in [-0.15, -0.1) is 0 Å². The molecule has 2 aromatic rings. The predicted molar refractivity (Wildman–Crippen MR) is 103 cm³/mol. The van der Waals surface area contributed by atoms with Gasteiger partial charge in [-0.25, -0.2) is 0 Å². The lowest BCUT2D eigenvalue weighted by Crippen LogP contribution is -2.58. The second kappa shape index (κ2) is 5.22. The molecule has 0 aliphatic carbocycles. The zero-order valence-electron chi connectivity index (χ0n) is 15.3. The summed E-state index contributed by atoms with van der Waals surface area (Å²) >= 11 is 0. The highest BCUT2D eigenvalue weighted by Gasteiger charge is 2.59. The van der Waals surface area contributed by atoms with E-state index in [0.717, 1.165) is 11.3 Å². The zero-order valence-corrected chi connectivity index (χ0v) is 15.3. The molecule has 1 N–H and O–H groups in total. The van der Waals surface area contributed by atoms with Gasteiger partial charge in [0.1, 0.15) is 5.66 Å². The van der Waals surface area contributed by atoms with Crippen LogP contribution in [0.3, 0.4) is 0 Å². The maximum atomic E-state index is 12.3. The minimum atomic E-state index is -0.523. The smallest absolute Gasteiger partial charge is 0.241 e. The van der Waals surface area contributed by atoms with E-state index in [0.29, 0.717) is 6.54 Å². The van der Waals surface area contributed by atoms with Crippen LogP contribution in [0.2, 0.25) is 0 Å². The van der Waals surface area contributed by atoms with E-state index in [-0.39, 0.29) is 11.3 Å². The Balaban J connectivity index is 1.83. The van der Waals surface area contributed by atoms with Gasteiger partial charge in [0, 0.05) is 11.1 Å². The van der Waals surface area contributed by atoms with E-state index < -0.39 is 5.66 Å². The summed E-state index contributed by atoms with van der Waals surface area (Å²) in [5, 5.41) is 3.27. The number of amides is 1. The standard InChI is InChI=1S/C22H24N2O/c1-15-5-8-17(9-6-15)11-12-22-21(3,4)18-13-16(2)7-10-19(18)24(22)14-20(25)23-22/h5-13H,14H2,1-4H3,(H,23,25). The Hall–Kier alpha value is -2.55. The number of aryl methyl sites for hydroxylation is 2. The highest BCUT2D eigenvalue weighted by atomic mass is 16.2. The molecule has 0 bridgehead atoms. The van der Waals surface area contributed by atoms with Crippen LogP contribution in [0.25, 0.3) is 6.08 Å². The molecule has 2 heterocycles. The molecule has 0 aromatic heterocycles. The van der Waals surface area contributed by atoms with E-state index >= 15 is 0 Å². The second-order valence-electron chi connectivity index (χ2n) is 7.79. The van der Waals surface area contributed by atoms with Gasteiger partial charge < -0.3 is 10.2 Å². The van der Waals surface area contributed by atoms with E-state index in [1.807, 2.05) is 0 Å². The zero-order chi connectivity index (χ0) is 17.8. The Bertz CT molecular complexity index is 879. The van der Waals surface area contributed by atoms with E-state index in [4.69, 9.17) is 0 Å². The third-order valence-corrected chi connectivity index (χ3v) is 5.72. The summed E-state index contributed by atoms with van der Waals surface area (Å²) in [5.41, 5.74) is 5.34. The summed E-state index contributed by atoms with van der Waals surface area (Å²) in [6.45, 7) is 9.04. The van der Waals surface area contributed by atoms with Crippen LogP contribution >= 0.6 is 0 Å². The van der Waals surface area contributed by atoms with Crippen LogP contribution in [0, 0.1) is 13.8 Å². The van der Waals surface area contributed by atoms with Crippen molar-refractivity contribution >= 4 is 17.7 Å². The number of carbonyl (C=O) groups excluding carboxylic acids is 1. The molecular weight excluding hydrogens is 308 g/mol. The monoisotopic (exact) mass is 332 g/mol. The molecule has 25 heavy (non-hydrogen) atoms. The third kappa shape index (κ3) is 2.22. The van der Waals surface area contributed by atoms with Gasteiger partial charge in [0.05, 0.1) is 6.54 Å². The number of hydrogen-bond donors (Lipinski definition) is 1. The molecule has 1 unspecified atom stereocenters. The minimum absolute atomic E-state index is 0.0767. The normalized spacial score (nSPS) is 23.7. The molecule has 1 saturated heterocycles. The number of carbonyl (C=O) groups is 1. The first kappa shape index (κ1) is 15.9. The topological polar surface area (TPSA) is 32.3 Å². The van der Waals surface area contributed by atoms with Crippen molar-refractivity contribution in [3.8, 4) is 0 Å². The van der Waals surface area contributed by atoms with Crippen molar-refractivity contribution < 1.29 is 4.79 Å². The van der Waals surface area contributed by atoms with Crippen molar-refractivity contribution in [3.63, 3.8) is 0 Å². The molecule has 1 amide bonds. The van der Waals surface area contributed by atoms with Crippen LogP contribution in [-0.4, -0.2) is 18.1 Å². The molecular formula is C22H24N2O. The lowest BCUT2D eigenvalue weighted by atomic mass is 9.75. The summed E-state index contributed by atoms with van der Waals surface area (Å²) in [5.74, 6) is 0.0767. The minimum Gasteiger partial charge on any atom is -0.335 e. The summed E-state index contributed by atoms with van der Waals surface area (Å²) in [6, 6.07) is 15.0. The Morgan fingerprint density at radius 3 is 2.44 bits per heavy atom. The number of nitrogens with zero attached hydrogens (tertiary/aromatic N) is 1. The van der Waals surface area contributed by atoms with Gasteiger partial charge in [-0.2, -0.15) is 0 Å². The lowest BCUT2D eigenvalue weighted by Gasteiger charge is -2.40. The molecule has 3 heteroatoms. The molecule has 4 rings (SSSR count). The first-order valence-electron chi connectivity index (χ1n) is 8.79. The molecule has 1 atom stereocenters. The molecule has 0 saturated carbocycles. The van der Waals surface area contributed by atoms with Gasteiger partial charge in [0.15, 0.2) is 0 Å². The number of benzene rings is 2. The first-order chi connectivity index (χ1) is 11.8. The Kier molecular flexibility index (Phi) is 3.33. The van der Waals surface area contributed by atoms with Gasteiger partial charge in [-0.05, 0) is 37.1 Å². The SMILES string of the molecule is Cc1ccc(C=CC23NC(=O)CN2c2ccc(C)cc2C3(C)C)cc1. The number of rotatable bonds is 2. The summed E-state index contributed by atoms with van der Waals surface area (Å²) in [7, 11) is 0. The van der Waals surface area contributed by atoms with Gasteiger partial charge in [0.2, 0.25) is 5.91 Å². The first-order valence-corrected chi connectivity index (χ1v) is 8.79. The highest BCUT2D eigenvalue weighted by molar-refractivity contribution is 5.91. The molecule has 2 aliphatic heterocycles. The summed E-state index contributed by atoms with van der Waals surface area (Å²) in [4.78, 5) is 14.5.